The molecule has 7 heteroatoms. The third kappa shape index (κ3) is 1.94. The van der Waals surface area contributed by atoms with Gasteiger partial charge in [-0.2, -0.15) is 18.4 Å². The van der Waals surface area contributed by atoms with Crippen molar-refractivity contribution in [3.63, 3.8) is 0 Å². The van der Waals surface area contributed by atoms with Crippen LogP contribution in [0, 0.1) is 0 Å². The Morgan fingerprint density at radius 2 is 1.90 bits per heavy atom. The van der Waals surface area contributed by atoms with Crippen molar-refractivity contribution in [3.8, 4) is 6.01 Å². The maximum atomic E-state index is 9.88. The van der Waals surface area contributed by atoms with Gasteiger partial charge in [0.1, 0.15) is 12.7 Å². The molecule has 0 N–H and O–H groups in total. The molecule has 0 aliphatic rings. The molecule has 0 unspecified atom stereocenters. The zero-order chi connectivity index (χ0) is 7.40. The number of aromatic nitrogens is 3. The summed E-state index contributed by atoms with van der Waals surface area (Å²) in [6.07, 6.45) is 2.28. The minimum Gasteiger partial charge on any atom is -0.345 e. The molecule has 0 aliphatic carbocycles. The summed E-state index contributed by atoms with van der Waals surface area (Å²) in [6.45, 7) is 0. The fraction of sp³-hybridized carbons (Fsp3) is 0. The molecule has 1 aromatic rings. The number of hydrogen-bond donors (Lipinski definition) is 1. The molecule has 0 fully saturated rings. The minimum absolute atomic E-state index is 0.217. The predicted octanol–water partition coefficient (Wildman–Crippen LogP) is -1.22. The standard InChI is InChI=1S/C3H3N3O3S/c7-10(8)9-3-5-1-4-2-6-3/h1-2,10H. The molecule has 0 saturated heterocycles. The minimum atomic E-state index is -2.93. The van der Waals surface area contributed by atoms with Crippen molar-refractivity contribution >= 4 is 11.0 Å². The Bertz CT molecular complexity index is 264. The van der Waals surface area contributed by atoms with Gasteiger partial charge >= 0.3 is 17.0 Å². The van der Waals surface area contributed by atoms with Gasteiger partial charge in [0.25, 0.3) is 0 Å². The fourth-order valence-corrected chi connectivity index (χ4v) is 0.570. The molecule has 10 heavy (non-hydrogen) atoms. The van der Waals surface area contributed by atoms with Crippen molar-refractivity contribution in [2.24, 2.45) is 0 Å². The quantitative estimate of drug-likeness (QED) is 0.547. The van der Waals surface area contributed by atoms with Gasteiger partial charge in [0.05, 0.1) is 0 Å². The summed E-state index contributed by atoms with van der Waals surface area (Å²) in [5.41, 5.74) is 0. The van der Waals surface area contributed by atoms with E-state index in [2.05, 4.69) is 19.1 Å². The van der Waals surface area contributed by atoms with Gasteiger partial charge < -0.3 is 4.18 Å². The highest BCUT2D eigenvalue weighted by molar-refractivity contribution is 7.67. The highest BCUT2D eigenvalue weighted by Gasteiger charge is 1.93. The molecule has 0 saturated carbocycles. The lowest BCUT2D eigenvalue weighted by Crippen LogP contribution is -1.95. The van der Waals surface area contributed by atoms with Crippen LogP contribution in [0.4, 0.5) is 0 Å². The summed E-state index contributed by atoms with van der Waals surface area (Å²) in [5.74, 6) is 0. The van der Waals surface area contributed by atoms with E-state index in [0.29, 0.717) is 0 Å². The molecule has 0 aliphatic heterocycles. The van der Waals surface area contributed by atoms with Crippen molar-refractivity contribution in [1.82, 2.24) is 15.0 Å². The van der Waals surface area contributed by atoms with Gasteiger partial charge in [-0.3, -0.25) is 0 Å². The number of nitrogens with zero attached hydrogens (tertiary/aromatic N) is 3. The van der Waals surface area contributed by atoms with E-state index in [0.717, 1.165) is 12.7 Å². The molecule has 0 atom stereocenters. The number of hydrogen-bond acceptors (Lipinski definition) is 6. The van der Waals surface area contributed by atoms with Gasteiger partial charge in [-0.05, 0) is 0 Å². The summed E-state index contributed by atoms with van der Waals surface area (Å²) < 4.78 is 23.9. The summed E-state index contributed by atoms with van der Waals surface area (Å²) in [5, 5.41) is 0. The van der Waals surface area contributed by atoms with E-state index in [1.165, 1.54) is 0 Å². The molecule has 0 radical (unpaired) electrons. The van der Waals surface area contributed by atoms with Crippen LogP contribution in [0.1, 0.15) is 0 Å². The van der Waals surface area contributed by atoms with Crippen LogP contribution < -0.4 is 4.18 Å². The van der Waals surface area contributed by atoms with Crippen LogP contribution in [0.15, 0.2) is 12.7 Å². The maximum Gasteiger partial charge on any atom is 0.335 e. The first-order valence-corrected chi connectivity index (χ1v) is 3.33. The third-order valence-corrected chi connectivity index (χ3v) is 0.938. The molecule has 0 aromatic carbocycles. The highest BCUT2D eigenvalue weighted by atomic mass is 32.2. The Balaban J connectivity index is 2.77. The van der Waals surface area contributed by atoms with Gasteiger partial charge in [0, 0.05) is 0 Å². The topological polar surface area (TPSA) is 82.0 Å². The molecular formula is C3H3N3O3S. The number of rotatable bonds is 2. The van der Waals surface area contributed by atoms with E-state index in [-0.39, 0.29) is 6.01 Å². The largest absolute Gasteiger partial charge is 0.345 e. The molecule has 1 heterocycles. The Morgan fingerprint density at radius 1 is 1.30 bits per heavy atom. The van der Waals surface area contributed by atoms with Crippen LogP contribution in [-0.4, -0.2) is 23.4 Å². The summed E-state index contributed by atoms with van der Waals surface area (Å²) in [6, 6.07) is -0.217. The molecular weight excluding hydrogens is 158 g/mol. The fourth-order valence-electron chi connectivity index (χ4n) is 0.342. The van der Waals surface area contributed by atoms with Crippen LogP contribution in [0.5, 0.6) is 6.01 Å². The van der Waals surface area contributed by atoms with E-state index in [4.69, 9.17) is 0 Å². The van der Waals surface area contributed by atoms with Crippen molar-refractivity contribution in [3.05, 3.63) is 12.7 Å². The lowest BCUT2D eigenvalue weighted by molar-refractivity contribution is 0.484. The highest BCUT2D eigenvalue weighted by Crippen LogP contribution is 1.93. The van der Waals surface area contributed by atoms with Gasteiger partial charge in [-0.25, -0.2) is 4.98 Å². The summed E-state index contributed by atoms with van der Waals surface area (Å²) in [4.78, 5) is 10.2. The first kappa shape index (κ1) is 6.87. The van der Waals surface area contributed by atoms with Crippen LogP contribution in [0.3, 0.4) is 0 Å². The van der Waals surface area contributed by atoms with Gasteiger partial charge in [0.2, 0.25) is 0 Å². The number of thiol groups is 1. The molecule has 1 aromatic heterocycles. The van der Waals surface area contributed by atoms with Crippen LogP contribution >= 0.6 is 0 Å². The lowest BCUT2D eigenvalue weighted by atomic mass is 11.0. The van der Waals surface area contributed by atoms with E-state index >= 15 is 0 Å². The van der Waals surface area contributed by atoms with Crippen molar-refractivity contribution in [2.45, 2.75) is 0 Å². The van der Waals surface area contributed by atoms with Gasteiger partial charge in [-0.15, -0.1) is 0 Å². The zero-order valence-electron chi connectivity index (χ0n) is 4.67. The second kappa shape index (κ2) is 3.06. The second-order valence-electron chi connectivity index (χ2n) is 1.24. The molecule has 0 bridgehead atoms. The van der Waals surface area contributed by atoms with Crippen LogP contribution in [0.2, 0.25) is 0 Å². The third-order valence-electron chi connectivity index (χ3n) is 0.626. The van der Waals surface area contributed by atoms with Crippen molar-refractivity contribution in [1.29, 1.82) is 0 Å². The van der Waals surface area contributed by atoms with E-state index in [9.17, 15) is 8.42 Å². The van der Waals surface area contributed by atoms with E-state index < -0.39 is 11.0 Å². The summed E-state index contributed by atoms with van der Waals surface area (Å²) >= 11 is 0. The molecule has 1 rings (SSSR count). The van der Waals surface area contributed by atoms with Crippen molar-refractivity contribution < 1.29 is 12.6 Å². The molecule has 6 nitrogen and oxygen atoms in total. The Hall–Kier alpha value is -1.24. The first-order valence-electron chi connectivity index (χ1n) is 2.23. The second-order valence-corrected chi connectivity index (χ2v) is 1.87. The van der Waals surface area contributed by atoms with Crippen molar-refractivity contribution in [2.75, 3.05) is 0 Å². The van der Waals surface area contributed by atoms with Crippen LogP contribution in [0.25, 0.3) is 0 Å². The molecule has 0 amide bonds. The lowest BCUT2D eigenvalue weighted by Gasteiger charge is -1.89. The van der Waals surface area contributed by atoms with E-state index in [1.807, 2.05) is 0 Å². The van der Waals surface area contributed by atoms with Gasteiger partial charge in [0.15, 0.2) is 0 Å². The SMILES string of the molecule is O=[SH](=O)Oc1ncncn1. The average Bonchev–Trinajstić information content (AvgIpc) is 1.88. The van der Waals surface area contributed by atoms with Gasteiger partial charge in [-0.1, -0.05) is 0 Å². The smallest absolute Gasteiger partial charge is 0.335 e. The summed E-state index contributed by atoms with van der Waals surface area (Å²) in [7, 11) is -2.93. The van der Waals surface area contributed by atoms with Crippen LogP contribution in [-0.2, 0) is 11.0 Å². The molecule has 54 valence electrons. The zero-order valence-corrected chi connectivity index (χ0v) is 5.56. The van der Waals surface area contributed by atoms with E-state index in [1.54, 1.807) is 0 Å². The normalized spacial score (nSPS) is 9.70. The Kier molecular flexibility index (Phi) is 2.11. The monoisotopic (exact) mass is 161 g/mol. The predicted molar refractivity (Wildman–Crippen MR) is 30.8 cm³/mol. The Labute approximate surface area is 58.1 Å². The molecule has 0 spiro atoms. The first-order chi connectivity index (χ1) is 4.79. The maximum absolute atomic E-state index is 9.88. The Morgan fingerprint density at radius 3 is 2.40 bits per heavy atom. The average molecular weight is 161 g/mol.